The fraction of sp³-hybridized carbons (Fsp3) is 0.241. The number of anilines is 2. The van der Waals surface area contributed by atoms with E-state index in [0.29, 0.717) is 39.8 Å². The number of guanidine groups is 1. The van der Waals surface area contributed by atoms with Gasteiger partial charge in [-0.05, 0) is 53.6 Å². The zero-order chi connectivity index (χ0) is 28.2. The molecule has 4 N–H and O–H groups in total. The molecule has 0 radical (unpaired) electrons. The second-order valence-electron chi connectivity index (χ2n) is 9.52. The van der Waals surface area contributed by atoms with Gasteiger partial charge in [-0.15, -0.1) is 12.4 Å². The molecule has 0 saturated heterocycles. The highest BCUT2D eigenvalue weighted by Crippen LogP contribution is 2.35. The highest BCUT2D eigenvalue weighted by molar-refractivity contribution is 6.07. The number of carbonyl (C=O) groups excluding carboxylic acids is 2. The van der Waals surface area contributed by atoms with Crippen molar-refractivity contribution in [3.63, 3.8) is 0 Å². The minimum absolute atomic E-state index is 0. The summed E-state index contributed by atoms with van der Waals surface area (Å²) in [6, 6.07) is 18.2. The molecule has 214 valence electrons. The Bertz CT molecular complexity index is 1480. The van der Waals surface area contributed by atoms with Gasteiger partial charge in [0.1, 0.15) is 11.9 Å². The van der Waals surface area contributed by atoms with Crippen LogP contribution < -0.4 is 20.7 Å². The van der Waals surface area contributed by atoms with Gasteiger partial charge in [0.2, 0.25) is 0 Å². The summed E-state index contributed by atoms with van der Waals surface area (Å²) in [4.78, 5) is 43.7. The molecule has 12 heteroatoms. The van der Waals surface area contributed by atoms with Crippen molar-refractivity contribution in [3.8, 4) is 5.75 Å². The van der Waals surface area contributed by atoms with Crippen LogP contribution in [-0.2, 0) is 11.3 Å². The van der Waals surface area contributed by atoms with E-state index in [-0.39, 0.29) is 50.3 Å². The molecule has 2 heterocycles. The van der Waals surface area contributed by atoms with Crippen molar-refractivity contribution in [1.82, 2.24) is 10.2 Å². The van der Waals surface area contributed by atoms with E-state index in [0.717, 1.165) is 5.56 Å². The topological polar surface area (TPSA) is 132 Å². The van der Waals surface area contributed by atoms with Crippen LogP contribution in [-0.4, -0.2) is 60.1 Å². The number of nitrogens with one attached hydrogen (secondary N) is 3. The van der Waals surface area contributed by atoms with Gasteiger partial charge in [-0.1, -0.05) is 24.3 Å². The first-order valence-electron chi connectivity index (χ1n) is 12.7. The Balaban J connectivity index is 0.00000387. The number of carboxylic acid groups (broad SMARTS) is 1. The van der Waals surface area contributed by atoms with Crippen molar-refractivity contribution < 1.29 is 28.6 Å². The molecule has 10 nitrogen and oxygen atoms in total. The van der Waals surface area contributed by atoms with Crippen LogP contribution in [0, 0.1) is 0 Å². The Morgan fingerprint density at radius 1 is 1.15 bits per heavy atom. The third kappa shape index (κ3) is 6.75. The van der Waals surface area contributed by atoms with E-state index in [1.54, 1.807) is 73.8 Å². The summed E-state index contributed by atoms with van der Waals surface area (Å²) in [5, 5.41) is 18.3. The summed E-state index contributed by atoms with van der Waals surface area (Å²) in [5.41, 5.74) is 3.26. The molecule has 2 atom stereocenters. The Labute approximate surface area is 242 Å². The van der Waals surface area contributed by atoms with Gasteiger partial charge in [-0.3, -0.25) is 14.4 Å². The Hall–Kier alpha value is -4.64. The molecule has 2 aliphatic rings. The van der Waals surface area contributed by atoms with Gasteiger partial charge in [-0.2, -0.15) is 0 Å². The van der Waals surface area contributed by atoms with Crippen molar-refractivity contribution in [2.45, 2.75) is 25.2 Å². The first-order valence-corrected chi connectivity index (χ1v) is 12.7. The highest BCUT2D eigenvalue weighted by Gasteiger charge is 2.35. The molecule has 5 rings (SSSR count). The Morgan fingerprint density at radius 2 is 1.93 bits per heavy atom. The van der Waals surface area contributed by atoms with Gasteiger partial charge >= 0.3 is 5.97 Å². The van der Waals surface area contributed by atoms with Crippen LogP contribution in [0.15, 0.2) is 71.7 Å². The molecular formula is C29H29ClFN5O5. The molecule has 2 aliphatic heterocycles. The van der Waals surface area contributed by atoms with Crippen LogP contribution in [0.5, 0.6) is 5.75 Å². The largest absolute Gasteiger partial charge is 0.497 e. The smallest absolute Gasteiger partial charge is 0.305 e. The molecule has 2 unspecified atom stereocenters. The maximum absolute atomic E-state index is 13.4. The number of rotatable bonds is 8. The maximum atomic E-state index is 13.4. The molecule has 0 spiro atoms. The number of fused-ring (bicyclic) bond motifs is 1. The van der Waals surface area contributed by atoms with Gasteiger partial charge in [0.15, 0.2) is 5.96 Å². The number of halogens is 2. The number of methoxy groups -OCH3 is 1. The molecule has 0 aliphatic carbocycles. The molecular weight excluding hydrogens is 553 g/mol. The number of alkyl halides is 1. The van der Waals surface area contributed by atoms with Crippen LogP contribution in [0.25, 0.3) is 0 Å². The fourth-order valence-electron chi connectivity index (χ4n) is 4.73. The standard InChI is InChI=1S/C29H28FN5O5.ClH/c1-40-23-9-6-17(7-10-23)25(13-26(36)37)35-16-19-5-8-22(12-24(19)28(35)39)33-27(38)18-3-2-4-21(11-18)34-29-31-14-20(30)15-32-29;/h2-12,20,25H,13-16H2,1H3,(H,33,38)(H,36,37)(H2,31,32,34);1H. The number of aliphatic imine (C=N–C) groups is 1. The van der Waals surface area contributed by atoms with E-state index in [4.69, 9.17) is 4.74 Å². The summed E-state index contributed by atoms with van der Waals surface area (Å²) in [6.45, 7) is 0.486. The Kier molecular flexibility index (Phi) is 9.08. The highest BCUT2D eigenvalue weighted by atomic mass is 35.5. The van der Waals surface area contributed by atoms with Crippen LogP contribution in [0.2, 0.25) is 0 Å². The van der Waals surface area contributed by atoms with Crippen LogP contribution in [0.3, 0.4) is 0 Å². The number of amides is 2. The second kappa shape index (κ2) is 12.7. The minimum Gasteiger partial charge on any atom is -0.497 e. The second-order valence-corrected chi connectivity index (χ2v) is 9.52. The van der Waals surface area contributed by atoms with Crippen LogP contribution >= 0.6 is 12.4 Å². The normalized spacial score (nSPS) is 16.4. The average Bonchev–Trinajstić information content (AvgIpc) is 3.28. The van der Waals surface area contributed by atoms with Gasteiger partial charge in [0.25, 0.3) is 11.8 Å². The molecule has 41 heavy (non-hydrogen) atoms. The number of ether oxygens (including phenoxy) is 1. The van der Waals surface area contributed by atoms with Gasteiger partial charge in [0.05, 0.1) is 32.7 Å². The van der Waals surface area contributed by atoms with E-state index in [2.05, 4.69) is 20.9 Å². The predicted molar refractivity (Wildman–Crippen MR) is 155 cm³/mol. The van der Waals surface area contributed by atoms with E-state index in [9.17, 15) is 23.9 Å². The molecule has 3 aromatic rings. The number of hydrogen-bond acceptors (Lipinski definition) is 7. The summed E-state index contributed by atoms with van der Waals surface area (Å²) in [5.74, 6) is -0.646. The fourth-order valence-corrected chi connectivity index (χ4v) is 4.73. The zero-order valence-corrected chi connectivity index (χ0v) is 22.9. The summed E-state index contributed by atoms with van der Waals surface area (Å²) >= 11 is 0. The number of carboxylic acids is 1. The third-order valence-corrected chi connectivity index (χ3v) is 6.77. The summed E-state index contributed by atoms with van der Waals surface area (Å²) in [6.07, 6.45) is -1.28. The predicted octanol–water partition coefficient (Wildman–Crippen LogP) is 4.25. The van der Waals surface area contributed by atoms with Crippen molar-refractivity contribution in [3.05, 3.63) is 89.0 Å². The average molecular weight is 582 g/mol. The van der Waals surface area contributed by atoms with Crippen molar-refractivity contribution >= 4 is 47.5 Å². The number of aliphatic carboxylic acids is 1. The van der Waals surface area contributed by atoms with E-state index < -0.39 is 18.2 Å². The van der Waals surface area contributed by atoms with Crippen molar-refractivity contribution in [2.24, 2.45) is 4.99 Å². The summed E-state index contributed by atoms with van der Waals surface area (Å²) < 4.78 is 18.5. The lowest BCUT2D eigenvalue weighted by atomic mass is 10.0. The molecule has 0 bridgehead atoms. The monoisotopic (exact) mass is 581 g/mol. The van der Waals surface area contributed by atoms with Crippen molar-refractivity contribution in [2.75, 3.05) is 30.8 Å². The van der Waals surface area contributed by atoms with E-state index in [1.165, 1.54) is 4.90 Å². The van der Waals surface area contributed by atoms with Gasteiger partial charge in [0, 0.05) is 29.0 Å². The maximum Gasteiger partial charge on any atom is 0.305 e. The minimum atomic E-state index is -1.03. The van der Waals surface area contributed by atoms with E-state index >= 15 is 0 Å². The van der Waals surface area contributed by atoms with E-state index in [1.807, 2.05) is 0 Å². The third-order valence-electron chi connectivity index (χ3n) is 6.77. The Morgan fingerprint density at radius 3 is 2.61 bits per heavy atom. The molecule has 0 saturated carbocycles. The van der Waals surface area contributed by atoms with Crippen LogP contribution in [0.4, 0.5) is 15.8 Å². The lowest BCUT2D eigenvalue weighted by Gasteiger charge is -2.27. The SMILES string of the molecule is COc1ccc(C(CC(=O)O)N2Cc3ccc(NC(=O)c4cccc(NC5=NCC(F)CN5)c4)cc3C2=O)cc1.Cl. The zero-order valence-electron chi connectivity index (χ0n) is 22.1. The lowest BCUT2D eigenvalue weighted by molar-refractivity contribution is -0.138. The number of hydrogen-bond donors (Lipinski definition) is 4. The summed E-state index contributed by atoms with van der Waals surface area (Å²) in [7, 11) is 1.54. The first-order chi connectivity index (χ1) is 19.3. The number of nitrogens with zero attached hydrogens (tertiary/aromatic N) is 2. The number of benzene rings is 3. The molecule has 0 fully saturated rings. The molecule has 0 aromatic heterocycles. The quantitative estimate of drug-likeness (QED) is 0.313. The van der Waals surface area contributed by atoms with Crippen molar-refractivity contribution in [1.29, 1.82) is 0 Å². The lowest BCUT2D eigenvalue weighted by Crippen LogP contribution is -2.40. The first kappa shape index (κ1) is 29.3. The van der Waals surface area contributed by atoms with Gasteiger partial charge in [-0.25, -0.2) is 9.38 Å². The molecule has 3 aromatic carbocycles. The van der Waals surface area contributed by atoms with Crippen LogP contribution in [0.1, 0.15) is 44.3 Å². The number of carbonyl (C=O) groups is 3. The molecule has 2 amide bonds. The van der Waals surface area contributed by atoms with Gasteiger partial charge < -0.3 is 30.7 Å².